The SMILES string of the molecule is Cc1ccc(S(C)(=O)=O)cc1NC(=O)CC12CC3CC(CC(Br)(C3)C1)C2. The van der Waals surface area contributed by atoms with E-state index in [2.05, 4.69) is 21.2 Å². The minimum atomic E-state index is -3.29. The highest BCUT2D eigenvalue weighted by atomic mass is 79.9. The monoisotopic (exact) mass is 439 g/mol. The number of hydrogen-bond acceptors (Lipinski definition) is 3. The fraction of sp³-hybridized carbons (Fsp3) is 0.650. The van der Waals surface area contributed by atoms with E-state index in [0.29, 0.717) is 12.1 Å². The Morgan fingerprint density at radius 1 is 1.23 bits per heavy atom. The van der Waals surface area contributed by atoms with Crippen LogP contribution in [0.1, 0.15) is 50.5 Å². The number of carbonyl (C=O) groups excluding carboxylic acids is 1. The fourth-order valence-electron chi connectivity index (χ4n) is 6.04. The molecule has 0 heterocycles. The molecule has 6 heteroatoms. The van der Waals surface area contributed by atoms with Gasteiger partial charge < -0.3 is 5.32 Å². The van der Waals surface area contributed by atoms with Crippen LogP contribution in [0.3, 0.4) is 0 Å². The molecule has 26 heavy (non-hydrogen) atoms. The van der Waals surface area contributed by atoms with Gasteiger partial charge in [-0.25, -0.2) is 8.42 Å². The van der Waals surface area contributed by atoms with E-state index in [1.807, 2.05) is 6.92 Å². The Bertz CT molecular complexity index is 850. The van der Waals surface area contributed by atoms with Crippen LogP contribution in [0.5, 0.6) is 0 Å². The van der Waals surface area contributed by atoms with E-state index in [1.165, 1.54) is 25.5 Å². The Balaban J connectivity index is 1.52. The molecule has 2 atom stereocenters. The Kier molecular flexibility index (Phi) is 4.31. The summed E-state index contributed by atoms with van der Waals surface area (Å²) in [5.41, 5.74) is 1.60. The van der Waals surface area contributed by atoms with Gasteiger partial charge in [-0.2, -0.15) is 0 Å². The highest BCUT2D eigenvalue weighted by molar-refractivity contribution is 9.10. The normalized spacial score (nSPS) is 35.5. The molecule has 4 aliphatic rings. The number of benzene rings is 1. The lowest BCUT2D eigenvalue weighted by Crippen LogP contribution is -2.53. The van der Waals surface area contributed by atoms with Crippen LogP contribution in [0, 0.1) is 24.2 Å². The third-order valence-corrected chi connectivity index (χ3v) is 8.60. The van der Waals surface area contributed by atoms with Gasteiger partial charge in [0.2, 0.25) is 5.91 Å². The van der Waals surface area contributed by atoms with Gasteiger partial charge in [0.05, 0.1) is 4.90 Å². The first-order valence-corrected chi connectivity index (χ1v) is 12.0. The van der Waals surface area contributed by atoms with Gasteiger partial charge in [-0.3, -0.25) is 4.79 Å². The molecule has 5 rings (SSSR count). The third-order valence-electron chi connectivity index (χ3n) is 6.56. The minimum Gasteiger partial charge on any atom is -0.326 e. The van der Waals surface area contributed by atoms with Gasteiger partial charge in [-0.05, 0) is 80.4 Å². The number of hydrogen-bond donors (Lipinski definition) is 1. The smallest absolute Gasteiger partial charge is 0.224 e. The Hall–Kier alpha value is -0.880. The van der Waals surface area contributed by atoms with Crippen molar-refractivity contribution in [1.29, 1.82) is 0 Å². The molecule has 0 aromatic heterocycles. The lowest BCUT2D eigenvalue weighted by atomic mass is 9.48. The second-order valence-electron chi connectivity index (χ2n) is 9.09. The molecular formula is C20H26BrNO3S. The molecular weight excluding hydrogens is 414 g/mol. The molecule has 1 aromatic rings. The lowest BCUT2D eigenvalue weighted by Gasteiger charge is -2.60. The van der Waals surface area contributed by atoms with Crippen molar-refractivity contribution in [1.82, 2.24) is 0 Å². The van der Waals surface area contributed by atoms with E-state index in [9.17, 15) is 13.2 Å². The number of amides is 1. The molecule has 2 unspecified atom stereocenters. The van der Waals surface area contributed by atoms with Gasteiger partial charge >= 0.3 is 0 Å². The largest absolute Gasteiger partial charge is 0.326 e. The summed E-state index contributed by atoms with van der Waals surface area (Å²) in [6.45, 7) is 1.89. The van der Waals surface area contributed by atoms with Crippen LogP contribution in [0.2, 0.25) is 0 Å². The van der Waals surface area contributed by atoms with Crippen molar-refractivity contribution in [2.75, 3.05) is 11.6 Å². The van der Waals surface area contributed by atoms with Crippen molar-refractivity contribution < 1.29 is 13.2 Å². The van der Waals surface area contributed by atoms with Crippen molar-refractivity contribution in [3.05, 3.63) is 23.8 Å². The summed E-state index contributed by atoms with van der Waals surface area (Å²) >= 11 is 3.99. The molecule has 4 saturated carbocycles. The Labute approximate surface area is 164 Å². The summed E-state index contributed by atoms with van der Waals surface area (Å²) in [5.74, 6) is 1.51. The average Bonchev–Trinajstić information content (AvgIpc) is 2.45. The van der Waals surface area contributed by atoms with E-state index >= 15 is 0 Å². The van der Waals surface area contributed by atoms with E-state index < -0.39 is 9.84 Å². The van der Waals surface area contributed by atoms with Crippen LogP contribution in [0.15, 0.2) is 23.1 Å². The Morgan fingerprint density at radius 3 is 2.46 bits per heavy atom. The predicted molar refractivity (Wildman–Crippen MR) is 106 cm³/mol. The molecule has 0 radical (unpaired) electrons. The number of aryl methyl sites for hydroxylation is 1. The summed E-state index contributed by atoms with van der Waals surface area (Å²) in [4.78, 5) is 13.1. The predicted octanol–water partition coefficient (Wildman–Crippen LogP) is 4.46. The summed E-state index contributed by atoms with van der Waals surface area (Å²) in [5, 5.41) is 2.99. The van der Waals surface area contributed by atoms with Gasteiger partial charge in [0.25, 0.3) is 0 Å². The summed E-state index contributed by atoms with van der Waals surface area (Å²) in [7, 11) is -3.29. The second kappa shape index (κ2) is 6.06. The molecule has 4 fully saturated rings. The molecule has 4 aliphatic carbocycles. The number of halogens is 1. The zero-order valence-corrected chi connectivity index (χ0v) is 17.7. The topological polar surface area (TPSA) is 63.2 Å². The highest BCUT2D eigenvalue weighted by Gasteiger charge is 2.57. The molecule has 0 saturated heterocycles. The van der Waals surface area contributed by atoms with E-state index in [4.69, 9.17) is 0 Å². The van der Waals surface area contributed by atoms with Crippen LogP contribution in [0.4, 0.5) is 5.69 Å². The van der Waals surface area contributed by atoms with E-state index in [1.54, 1.807) is 18.2 Å². The van der Waals surface area contributed by atoms with Crippen LogP contribution in [-0.4, -0.2) is 24.9 Å². The maximum Gasteiger partial charge on any atom is 0.224 e. The molecule has 0 spiro atoms. The number of carbonyl (C=O) groups is 1. The second-order valence-corrected chi connectivity index (χ2v) is 12.8. The Morgan fingerprint density at radius 2 is 1.88 bits per heavy atom. The van der Waals surface area contributed by atoms with E-state index in [0.717, 1.165) is 36.7 Å². The quantitative estimate of drug-likeness (QED) is 0.704. The first-order valence-electron chi connectivity index (χ1n) is 9.35. The zero-order valence-electron chi connectivity index (χ0n) is 15.3. The van der Waals surface area contributed by atoms with E-state index in [-0.39, 0.29) is 20.5 Å². The number of rotatable bonds is 4. The molecule has 0 aliphatic heterocycles. The first kappa shape index (κ1) is 18.5. The highest BCUT2D eigenvalue weighted by Crippen LogP contribution is 2.65. The zero-order chi connectivity index (χ0) is 18.7. The molecule has 142 valence electrons. The molecule has 4 nitrogen and oxygen atoms in total. The molecule has 1 N–H and O–H groups in total. The van der Waals surface area contributed by atoms with Crippen molar-refractivity contribution in [2.24, 2.45) is 17.3 Å². The standard InChI is InChI=1S/C20H26BrNO3S/c1-13-3-4-16(26(2,24)25)6-17(13)22-18(23)11-19-7-14-5-15(8-19)10-20(21,9-14)12-19/h3-4,6,14-15H,5,7-12H2,1-2H3,(H,22,23). The maximum atomic E-state index is 12.8. The average molecular weight is 440 g/mol. The number of sulfone groups is 1. The van der Waals surface area contributed by atoms with Crippen LogP contribution in [-0.2, 0) is 14.6 Å². The van der Waals surface area contributed by atoms with Crippen LogP contribution in [0.25, 0.3) is 0 Å². The van der Waals surface area contributed by atoms with Crippen molar-refractivity contribution in [2.45, 2.75) is 61.1 Å². The van der Waals surface area contributed by atoms with Gasteiger partial charge in [0.15, 0.2) is 9.84 Å². The number of alkyl halides is 1. The molecule has 1 aromatic carbocycles. The van der Waals surface area contributed by atoms with Crippen LogP contribution >= 0.6 is 15.9 Å². The number of nitrogens with one attached hydrogen (secondary N) is 1. The van der Waals surface area contributed by atoms with Crippen molar-refractivity contribution in [3.8, 4) is 0 Å². The third kappa shape index (κ3) is 3.47. The van der Waals surface area contributed by atoms with Gasteiger partial charge in [0.1, 0.15) is 0 Å². The van der Waals surface area contributed by atoms with Gasteiger partial charge in [-0.1, -0.05) is 22.0 Å². The van der Waals surface area contributed by atoms with Crippen molar-refractivity contribution in [3.63, 3.8) is 0 Å². The summed E-state index contributed by atoms with van der Waals surface area (Å²) in [6.07, 6.45) is 8.96. The summed E-state index contributed by atoms with van der Waals surface area (Å²) < 4.78 is 23.8. The van der Waals surface area contributed by atoms with Crippen molar-refractivity contribution >= 4 is 37.4 Å². The lowest BCUT2D eigenvalue weighted by molar-refractivity contribution is -0.123. The van der Waals surface area contributed by atoms with Gasteiger partial charge in [0, 0.05) is 22.7 Å². The van der Waals surface area contributed by atoms with Crippen LogP contribution < -0.4 is 5.32 Å². The molecule has 1 amide bonds. The fourth-order valence-corrected chi connectivity index (χ4v) is 8.20. The maximum absolute atomic E-state index is 12.8. The summed E-state index contributed by atoms with van der Waals surface area (Å²) in [6, 6.07) is 4.92. The van der Waals surface area contributed by atoms with Gasteiger partial charge in [-0.15, -0.1) is 0 Å². The first-order chi connectivity index (χ1) is 12.1. The minimum absolute atomic E-state index is 0.0109. The number of anilines is 1. The molecule has 4 bridgehead atoms.